The molecule has 2 aromatic heterocycles. The number of fused-ring (bicyclic) bond motifs is 6. The molecule has 6 atom stereocenters. The molecular formula is C26H33N4O2S+. The van der Waals surface area contributed by atoms with Gasteiger partial charge in [0, 0.05) is 12.3 Å². The number of carbonyl (C=O) groups excluding carboxylic acids is 2. The number of nitrogens with one attached hydrogen (secondary N) is 2. The Morgan fingerprint density at radius 3 is 2.85 bits per heavy atom. The molecule has 3 saturated carbocycles. The van der Waals surface area contributed by atoms with E-state index in [-0.39, 0.29) is 16.7 Å². The van der Waals surface area contributed by atoms with Crippen LogP contribution >= 0.6 is 12.2 Å². The van der Waals surface area contributed by atoms with Gasteiger partial charge >= 0.3 is 0 Å². The van der Waals surface area contributed by atoms with Crippen LogP contribution in [0.15, 0.2) is 24.3 Å². The van der Waals surface area contributed by atoms with Crippen molar-refractivity contribution in [2.45, 2.75) is 71.8 Å². The van der Waals surface area contributed by atoms with E-state index in [0.29, 0.717) is 46.9 Å². The monoisotopic (exact) mass is 465 g/mol. The summed E-state index contributed by atoms with van der Waals surface area (Å²) >= 11 is 5.31. The second-order valence-corrected chi connectivity index (χ2v) is 11.8. The number of imidazole rings is 1. The van der Waals surface area contributed by atoms with Crippen molar-refractivity contribution in [3.8, 4) is 0 Å². The molecule has 0 saturated heterocycles. The molecule has 2 aromatic rings. The molecule has 0 spiro atoms. The third kappa shape index (κ3) is 3.07. The van der Waals surface area contributed by atoms with E-state index >= 15 is 0 Å². The van der Waals surface area contributed by atoms with Gasteiger partial charge < -0.3 is 0 Å². The predicted octanol–water partition coefficient (Wildman–Crippen LogP) is 4.63. The molecule has 0 aliphatic heterocycles. The Bertz CT molecular complexity index is 1240. The van der Waals surface area contributed by atoms with Gasteiger partial charge in [-0.3, -0.25) is 19.6 Å². The molecule has 0 aromatic carbocycles. The molecule has 4 aliphatic rings. The molecule has 2 heterocycles. The SMILES string of the molecule is C[C@@]12CC[C@@H]3[C@H](CCC4=CC(=O)CC[C@]43C)[C@H]1CC[C@H]2C(=O)C[n+]1c[nH]c2c(=S)nc[nH]c21. The summed E-state index contributed by atoms with van der Waals surface area (Å²) in [5.41, 5.74) is 3.30. The molecule has 6 nitrogen and oxygen atoms in total. The minimum Gasteiger partial charge on any atom is -0.296 e. The van der Waals surface area contributed by atoms with Gasteiger partial charge in [-0.1, -0.05) is 31.6 Å². The van der Waals surface area contributed by atoms with Crippen LogP contribution in [0.1, 0.15) is 65.2 Å². The molecule has 0 amide bonds. The molecule has 7 heteroatoms. The number of hydrogen-bond acceptors (Lipinski definition) is 4. The molecule has 2 N–H and O–H groups in total. The van der Waals surface area contributed by atoms with E-state index in [1.54, 1.807) is 6.33 Å². The Hall–Kier alpha value is -2.15. The van der Waals surface area contributed by atoms with Crippen LogP contribution < -0.4 is 4.57 Å². The van der Waals surface area contributed by atoms with Crippen LogP contribution in [0.4, 0.5) is 0 Å². The fourth-order valence-electron chi connectivity index (χ4n) is 8.44. The number of ketones is 2. The van der Waals surface area contributed by atoms with E-state index in [9.17, 15) is 9.59 Å². The topological polar surface area (TPSA) is 82.5 Å². The number of aromatic amines is 2. The maximum Gasteiger partial charge on any atom is 0.270 e. The number of hydrogen-bond donors (Lipinski definition) is 2. The Kier molecular flexibility index (Phi) is 4.81. The lowest BCUT2D eigenvalue weighted by Gasteiger charge is -2.58. The van der Waals surface area contributed by atoms with Gasteiger partial charge in [0.25, 0.3) is 5.65 Å². The van der Waals surface area contributed by atoms with Crippen LogP contribution in [0.3, 0.4) is 0 Å². The Morgan fingerprint density at radius 1 is 1.15 bits per heavy atom. The minimum atomic E-state index is 0.0848. The van der Waals surface area contributed by atoms with E-state index in [1.165, 1.54) is 18.4 Å². The fourth-order valence-corrected chi connectivity index (χ4v) is 8.65. The third-order valence-corrected chi connectivity index (χ3v) is 10.5. The fraction of sp³-hybridized carbons (Fsp3) is 0.654. The number of rotatable bonds is 3. The Labute approximate surface area is 199 Å². The smallest absolute Gasteiger partial charge is 0.270 e. The van der Waals surface area contributed by atoms with Crippen molar-refractivity contribution in [1.82, 2.24) is 15.0 Å². The van der Waals surface area contributed by atoms with Gasteiger partial charge in [0.2, 0.25) is 5.52 Å². The zero-order chi connectivity index (χ0) is 23.0. The highest BCUT2D eigenvalue weighted by Crippen LogP contribution is 2.66. The summed E-state index contributed by atoms with van der Waals surface area (Å²) in [6.07, 6.45) is 13.8. The standard InChI is InChI=1S/C26H32N4O2S/c1-25-9-7-16(31)11-15(25)3-4-17-18-5-6-20(26(18,2)10-8-19(17)25)21(32)12-30-14-29-22-23(30)27-13-28-24(22)33/h11,13-14,17-20H,3-10,12H2,1-2H3,(H,27,28,33)/p+1/t17-,18-,19-,20+,25-,26-/m1/s1. The first-order chi connectivity index (χ1) is 15.8. The van der Waals surface area contributed by atoms with Crippen molar-refractivity contribution in [1.29, 1.82) is 0 Å². The van der Waals surface area contributed by atoms with Crippen LogP contribution in [0.25, 0.3) is 11.2 Å². The summed E-state index contributed by atoms with van der Waals surface area (Å²) in [5, 5.41) is 0. The number of nitrogens with zero attached hydrogens (tertiary/aromatic N) is 2. The first-order valence-corrected chi connectivity index (χ1v) is 12.9. The van der Waals surface area contributed by atoms with Gasteiger partial charge in [0.15, 0.2) is 28.9 Å². The molecule has 6 rings (SSSR count). The maximum absolute atomic E-state index is 13.7. The first kappa shape index (κ1) is 21.4. The quantitative estimate of drug-likeness (QED) is 0.512. The highest BCUT2D eigenvalue weighted by molar-refractivity contribution is 7.71. The molecule has 0 bridgehead atoms. The highest BCUT2D eigenvalue weighted by atomic mass is 32.1. The lowest BCUT2D eigenvalue weighted by atomic mass is 9.46. The molecule has 33 heavy (non-hydrogen) atoms. The average Bonchev–Trinajstić information content (AvgIpc) is 3.36. The zero-order valence-corrected chi connectivity index (χ0v) is 20.3. The molecule has 3 fully saturated rings. The largest absolute Gasteiger partial charge is 0.296 e. The summed E-state index contributed by atoms with van der Waals surface area (Å²) in [5.74, 6) is 2.73. The molecule has 4 aliphatic carbocycles. The Balaban J connectivity index is 1.25. The van der Waals surface area contributed by atoms with Gasteiger partial charge in [-0.05, 0) is 79.6 Å². The van der Waals surface area contributed by atoms with Gasteiger partial charge in [-0.2, -0.15) is 0 Å². The number of carbonyl (C=O) groups is 2. The van der Waals surface area contributed by atoms with Gasteiger partial charge in [-0.15, -0.1) is 0 Å². The van der Waals surface area contributed by atoms with Crippen molar-refractivity contribution < 1.29 is 14.2 Å². The van der Waals surface area contributed by atoms with E-state index in [4.69, 9.17) is 12.2 Å². The predicted molar refractivity (Wildman–Crippen MR) is 127 cm³/mol. The number of allylic oxidation sites excluding steroid dienone is 1. The molecule has 0 radical (unpaired) electrons. The van der Waals surface area contributed by atoms with Crippen LogP contribution in [0.5, 0.6) is 0 Å². The van der Waals surface area contributed by atoms with Crippen LogP contribution in [0.2, 0.25) is 0 Å². The molecule has 174 valence electrons. The van der Waals surface area contributed by atoms with Crippen molar-refractivity contribution in [3.63, 3.8) is 0 Å². The van der Waals surface area contributed by atoms with Gasteiger partial charge in [0.1, 0.15) is 6.54 Å². The lowest BCUT2D eigenvalue weighted by Crippen LogP contribution is -2.52. The summed E-state index contributed by atoms with van der Waals surface area (Å²) in [7, 11) is 0. The van der Waals surface area contributed by atoms with Crippen molar-refractivity contribution in [3.05, 3.63) is 28.9 Å². The third-order valence-electron chi connectivity index (χ3n) is 10.2. The molecule has 0 unspecified atom stereocenters. The van der Waals surface area contributed by atoms with Crippen molar-refractivity contribution in [2.75, 3.05) is 0 Å². The maximum atomic E-state index is 13.7. The van der Waals surface area contributed by atoms with Gasteiger partial charge in [-0.25, -0.2) is 9.55 Å². The summed E-state index contributed by atoms with van der Waals surface area (Å²) < 4.78 is 2.47. The first-order valence-electron chi connectivity index (χ1n) is 12.5. The summed E-state index contributed by atoms with van der Waals surface area (Å²) in [4.78, 5) is 36.2. The van der Waals surface area contributed by atoms with E-state index in [2.05, 4.69) is 28.8 Å². The summed E-state index contributed by atoms with van der Waals surface area (Å²) in [6, 6.07) is 0. The average molecular weight is 466 g/mol. The van der Waals surface area contributed by atoms with Crippen molar-refractivity contribution >= 4 is 34.9 Å². The van der Waals surface area contributed by atoms with Gasteiger partial charge in [0.05, 0.1) is 0 Å². The number of Topliss-reactive ketones (excluding diaryl/α,β-unsaturated/α-hetero) is 1. The summed E-state index contributed by atoms with van der Waals surface area (Å²) in [6.45, 7) is 5.19. The second kappa shape index (κ2) is 7.42. The number of aromatic nitrogens is 4. The van der Waals surface area contributed by atoms with Crippen LogP contribution in [-0.4, -0.2) is 26.5 Å². The van der Waals surface area contributed by atoms with Crippen molar-refractivity contribution in [2.24, 2.45) is 34.5 Å². The molecular weight excluding hydrogens is 432 g/mol. The highest BCUT2D eigenvalue weighted by Gasteiger charge is 2.60. The van der Waals surface area contributed by atoms with Crippen LogP contribution in [-0.2, 0) is 16.1 Å². The van der Waals surface area contributed by atoms with E-state index in [0.717, 1.165) is 43.3 Å². The zero-order valence-electron chi connectivity index (χ0n) is 19.5. The minimum absolute atomic E-state index is 0.0848. The van der Waals surface area contributed by atoms with E-state index in [1.807, 2.05) is 17.0 Å². The normalized spacial score (nSPS) is 37.9. The van der Waals surface area contributed by atoms with Crippen LogP contribution in [0, 0.1) is 39.1 Å². The van der Waals surface area contributed by atoms with E-state index < -0.39 is 0 Å². The number of H-pyrrole nitrogens is 2. The Morgan fingerprint density at radius 2 is 2.00 bits per heavy atom. The lowest BCUT2D eigenvalue weighted by molar-refractivity contribution is -0.660. The second-order valence-electron chi connectivity index (χ2n) is 11.4.